The highest BCUT2D eigenvalue weighted by molar-refractivity contribution is 5.51. The fourth-order valence-electron chi connectivity index (χ4n) is 2.32. The lowest BCUT2D eigenvalue weighted by Crippen LogP contribution is -2.31. The first kappa shape index (κ1) is 18.0. The van der Waals surface area contributed by atoms with Crippen LogP contribution in [0.2, 0.25) is 0 Å². The molecule has 0 spiro atoms. The average Bonchev–Trinajstić information content (AvgIpc) is 2.48. The number of nitrogens with zero attached hydrogens (tertiary/aromatic N) is 1. The lowest BCUT2D eigenvalue weighted by atomic mass is 10.0. The van der Waals surface area contributed by atoms with Crippen LogP contribution < -0.4 is 10.6 Å². The number of anilines is 1. The smallest absolute Gasteiger partial charge is 0.0641 e. The number of aryl methyl sites for hydroxylation is 1. The standard InChI is InChI=1S/C17H30N2O2/c1-4-20-12-10-19(11-13-21-5-2)17-7-6-16(8-9-18)15(3)14-17/h6-7,14H,4-5,8-13,18H2,1-3H3. The molecule has 0 aliphatic carbocycles. The number of hydrogen-bond acceptors (Lipinski definition) is 4. The van der Waals surface area contributed by atoms with Crippen LogP contribution in [0.5, 0.6) is 0 Å². The van der Waals surface area contributed by atoms with E-state index in [1.54, 1.807) is 0 Å². The van der Waals surface area contributed by atoms with Gasteiger partial charge < -0.3 is 20.1 Å². The van der Waals surface area contributed by atoms with Crippen LogP contribution in [0.3, 0.4) is 0 Å². The fraction of sp³-hybridized carbons (Fsp3) is 0.647. The molecular weight excluding hydrogens is 264 g/mol. The van der Waals surface area contributed by atoms with E-state index < -0.39 is 0 Å². The molecule has 0 saturated carbocycles. The van der Waals surface area contributed by atoms with Gasteiger partial charge in [0.25, 0.3) is 0 Å². The van der Waals surface area contributed by atoms with Gasteiger partial charge in [-0.15, -0.1) is 0 Å². The zero-order chi connectivity index (χ0) is 15.5. The Labute approximate surface area is 129 Å². The van der Waals surface area contributed by atoms with Crippen LogP contribution in [0, 0.1) is 6.92 Å². The van der Waals surface area contributed by atoms with E-state index >= 15 is 0 Å². The molecule has 0 aromatic heterocycles. The van der Waals surface area contributed by atoms with Gasteiger partial charge in [0.2, 0.25) is 0 Å². The van der Waals surface area contributed by atoms with Crippen LogP contribution in [-0.2, 0) is 15.9 Å². The van der Waals surface area contributed by atoms with Crippen molar-refractivity contribution in [2.75, 3.05) is 51.0 Å². The van der Waals surface area contributed by atoms with E-state index in [-0.39, 0.29) is 0 Å². The minimum atomic E-state index is 0.693. The Bertz CT molecular complexity index is 386. The Morgan fingerprint density at radius 2 is 1.67 bits per heavy atom. The molecule has 0 atom stereocenters. The van der Waals surface area contributed by atoms with Gasteiger partial charge in [0.1, 0.15) is 0 Å². The number of ether oxygens (including phenoxy) is 2. The maximum atomic E-state index is 5.65. The summed E-state index contributed by atoms with van der Waals surface area (Å²) in [5.74, 6) is 0. The van der Waals surface area contributed by atoms with Crippen molar-refractivity contribution in [3.05, 3.63) is 29.3 Å². The molecule has 0 fully saturated rings. The summed E-state index contributed by atoms with van der Waals surface area (Å²) in [7, 11) is 0. The van der Waals surface area contributed by atoms with E-state index in [0.29, 0.717) is 6.54 Å². The molecule has 1 rings (SSSR count). The summed E-state index contributed by atoms with van der Waals surface area (Å²) in [6.45, 7) is 11.7. The molecule has 0 bridgehead atoms. The predicted molar refractivity (Wildman–Crippen MR) is 89.1 cm³/mol. The number of benzene rings is 1. The molecule has 4 heteroatoms. The highest BCUT2D eigenvalue weighted by Gasteiger charge is 2.08. The molecule has 120 valence electrons. The predicted octanol–water partition coefficient (Wildman–Crippen LogP) is 2.38. The molecule has 0 heterocycles. The summed E-state index contributed by atoms with van der Waals surface area (Å²) >= 11 is 0. The van der Waals surface area contributed by atoms with Crippen molar-refractivity contribution >= 4 is 5.69 Å². The minimum Gasteiger partial charge on any atom is -0.380 e. The third-order valence-corrected chi connectivity index (χ3v) is 3.52. The highest BCUT2D eigenvalue weighted by Crippen LogP contribution is 2.19. The van der Waals surface area contributed by atoms with Crippen LogP contribution in [-0.4, -0.2) is 46.1 Å². The summed E-state index contributed by atoms with van der Waals surface area (Å²) in [6.07, 6.45) is 0.935. The minimum absolute atomic E-state index is 0.693. The Morgan fingerprint density at radius 3 is 2.14 bits per heavy atom. The first-order chi connectivity index (χ1) is 10.2. The molecule has 0 aliphatic heterocycles. The molecule has 0 aliphatic rings. The van der Waals surface area contributed by atoms with Gasteiger partial charge in [-0.2, -0.15) is 0 Å². The van der Waals surface area contributed by atoms with E-state index in [1.165, 1.54) is 16.8 Å². The summed E-state index contributed by atoms with van der Waals surface area (Å²) in [5, 5.41) is 0. The van der Waals surface area contributed by atoms with E-state index in [0.717, 1.165) is 45.9 Å². The van der Waals surface area contributed by atoms with Crippen molar-refractivity contribution in [3.8, 4) is 0 Å². The van der Waals surface area contributed by atoms with Crippen LogP contribution in [0.25, 0.3) is 0 Å². The largest absolute Gasteiger partial charge is 0.380 e. The fourth-order valence-corrected chi connectivity index (χ4v) is 2.32. The van der Waals surface area contributed by atoms with Crippen LogP contribution in [0.15, 0.2) is 18.2 Å². The van der Waals surface area contributed by atoms with Gasteiger partial charge in [-0.25, -0.2) is 0 Å². The zero-order valence-electron chi connectivity index (χ0n) is 13.7. The van der Waals surface area contributed by atoms with Crippen LogP contribution in [0.4, 0.5) is 5.69 Å². The lowest BCUT2D eigenvalue weighted by Gasteiger charge is -2.25. The Morgan fingerprint density at radius 1 is 1.05 bits per heavy atom. The first-order valence-corrected chi connectivity index (χ1v) is 7.92. The van der Waals surface area contributed by atoms with E-state index in [2.05, 4.69) is 30.0 Å². The second-order valence-corrected chi connectivity index (χ2v) is 5.03. The van der Waals surface area contributed by atoms with Crippen molar-refractivity contribution in [3.63, 3.8) is 0 Å². The topological polar surface area (TPSA) is 47.7 Å². The molecule has 21 heavy (non-hydrogen) atoms. The van der Waals surface area contributed by atoms with Gasteiger partial charge in [-0.1, -0.05) is 6.07 Å². The lowest BCUT2D eigenvalue weighted by molar-refractivity contribution is 0.141. The van der Waals surface area contributed by atoms with Crippen LogP contribution in [0.1, 0.15) is 25.0 Å². The molecule has 0 amide bonds. The molecule has 1 aromatic rings. The Balaban J connectivity index is 2.72. The third-order valence-electron chi connectivity index (χ3n) is 3.52. The summed E-state index contributed by atoms with van der Waals surface area (Å²) in [4.78, 5) is 2.32. The quantitative estimate of drug-likeness (QED) is 0.637. The summed E-state index contributed by atoms with van der Waals surface area (Å²) < 4.78 is 11.0. The van der Waals surface area contributed by atoms with Gasteiger partial charge in [-0.05, 0) is 57.0 Å². The third kappa shape index (κ3) is 6.46. The molecule has 0 radical (unpaired) electrons. The van der Waals surface area contributed by atoms with Crippen molar-refractivity contribution in [1.82, 2.24) is 0 Å². The summed E-state index contributed by atoms with van der Waals surface area (Å²) in [6, 6.07) is 6.60. The first-order valence-electron chi connectivity index (χ1n) is 7.92. The van der Waals surface area contributed by atoms with Crippen LogP contribution >= 0.6 is 0 Å². The van der Waals surface area contributed by atoms with E-state index in [9.17, 15) is 0 Å². The Kier molecular flexibility index (Phi) is 9.06. The number of nitrogens with two attached hydrogens (primary N) is 1. The maximum absolute atomic E-state index is 5.65. The monoisotopic (exact) mass is 294 g/mol. The van der Waals surface area contributed by atoms with Gasteiger partial charge in [0.05, 0.1) is 13.2 Å². The highest BCUT2D eigenvalue weighted by atomic mass is 16.5. The van der Waals surface area contributed by atoms with E-state index in [4.69, 9.17) is 15.2 Å². The van der Waals surface area contributed by atoms with Crippen molar-refractivity contribution in [2.24, 2.45) is 5.73 Å². The summed E-state index contributed by atoms with van der Waals surface area (Å²) in [5.41, 5.74) is 9.51. The molecule has 4 nitrogen and oxygen atoms in total. The molecule has 0 unspecified atom stereocenters. The number of hydrogen-bond donors (Lipinski definition) is 1. The van der Waals surface area contributed by atoms with Gasteiger partial charge in [0.15, 0.2) is 0 Å². The number of rotatable bonds is 11. The van der Waals surface area contributed by atoms with Crippen molar-refractivity contribution in [2.45, 2.75) is 27.2 Å². The van der Waals surface area contributed by atoms with Gasteiger partial charge in [0, 0.05) is 32.0 Å². The SMILES string of the molecule is CCOCCN(CCOCC)c1ccc(CCN)c(C)c1. The molecule has 0 saturated heterocycles. The van der Waals surface area contributed by atoms with E-state index in [1.807, 2.05) is 13.8 Å². The van der Waals surface area contributed by atoms with Gasteiger partial charge in [-0.3, -0.25) is 0 Å². The molecule has 2 N–H and O–H groups in total. The maximum Gasteiger partial charge on any atom is 0.0641 e. The molecular formula is C17H30N2O2. The average molecular weight is 294 g/mol. The zero-order valence-corrected chi connectivity index (χ0v) is 13.7. The van der Waals surface area contributed by atoms with Crippen molar-refractivity contribution < 1.29 is 9.47 Å². The Hall–Kier alpha value is -1.10. The second kappa shape index (κ2) is 10.6. The second-order valence-electron chi connectivity index (χ2n) is 5.03. The van der Waals surface area contributed by atoms with Gasteiger partial charge >= 0.3 is 0 Å². The normalized spacial score (nSPS) is 10.9. The molecule has 1 aromatic carbocycles. The van der Waals surface area contributed by atoms with Crippen molar-refractivity contribution in [1.29, 1.82) is 0 Å².